The molecule has 0 unspecified atom stereocenters. The van der Waals surface area contributed by atoms with Crippen molar-refractivity contribution in [2.75, 3.05) is 19.1 Å². The number of hydrogen-bond donors (Lipinski definition) is 1. The quantitative estimate of drug-likeness (QED) is 0.865. The molecule has 4 nitrogen and oxygen atoms in total. The van der Waals surface area contributed by atoms with Gasteiger partial charge in [0.25, 0.3) is 0 Å². The molecule has 0 aromatic carbocycles. The van der Waals surface area contributed by atoms with Gasteiger partial charge in [-0.25, -0.2) is 0 Å². The van der Waals surface area contributed by atoms with Crippen LogP contribution in [0.25, 0.3) is 0 Å². The number of aryl methyl sites for hydroxylation is 2. The highest BCUT2D eigenvalue weighted by molar-refractivity contribution is 6.30. The van der Waals surface area contributed by atoms with E-state index < -0.39 is 0 Å². The summed E-state index contributed by atoms with van der Waals surface area (Å²) in [7, 11) is 1.85. The molecule has 0 spiro atoms. The average molecular weight is 292 g/mol. The van der Waals surface area contributed by atoms with Crippen molar-refractivity contribution in [2.45, 2.75) is 31.8 Å². The number of nitrogens with zero attached hydrogens (tertiary/aromatic N) is 2. The van der Waals surface area contributed by atoms with E-state index in [2.05, 4.69) is 10.4 Å². The van der Waals surface area contributed by atoms with Crippen LogP contribution >= 0.6 is 23.2 Å². The molecule has 1 N–H and O–H groups in total. The van der Waals surface area contributed by atoms with Gasteiger partial charge in [-0.15, -0.1) is 11.6 Å². The Morgan fingerprint density at radius 3 is 2.61 bits per heavy atom. The topological polar surface area (TPSA) is 39.1 Å². The first-order valence-electron chi connectivity index (χ1n) is 6.15. The highest BCUT2D eigenvalue weighted by Crippen LogP contribution is 2.25. The molecule has 1 aromatic heterocycles. The number of alkyl halides is 1. The maximum absolute atomic E-state index is 6.22. The van der Waals surface area contributed by atoms with Crippen LogP contribution in [-0.4, -0.2) is 34.4 Å². The van der Waals surface area contributed by atoms with Crippen LogP contribution in [0.4, 0.5) is 0 Å². The lowest BCUT2D eigenvalue weighted by atomic mass is 9.92. The number of nitrogens with one attached hydrogen (secondary N) is 1. The molecule has 6 heteroatoms. The molecule has 0 amide bonds. The number of halogens is 2. The second kappa shape index (κ2) is 5.78. The Kier molecular flexibility index (Phi) is 4.54. The third-order valence-electron chi connectivity index (χ3n) is 3.62. The fourth-order valence-corrected chi connectivity index (χ4v) is 2.87. The Morgan fingerprint density at radius 2 is 2.11 bits per heavy atom. The van der Waals surface area contributed by atoms with Gasteiger partial charge in [-0.3, -0.25) is 4.68 Å². The molecule has 1 aliphatic rings. The van der Waals surface area contributed by atoms with Crippen LogP contribution in [0.1, 0.15) is 24.1 Å². The molecule has 1 fully saturated rings. The van der Waals surface area contributed by atoms with E-state index in [0.717, 1.165) is 37.3 Å². The summed E-state index contributed by atoms with van der Waals surface area (Å²) in [6, 6.07) is 0. The predicted octanol–water partition coefficient (Wildman–Crippen LogP) is 2.26. The van der Waals surface area contributed by atoms with E-state index in [1.807, 2.05) is 14.0 Å². The maximum atomic E-state index is 6.22. The van der Waals surface area contributed by atoms with E-state index in [0.29, 0.717) is 17.6 Å². The SMILES string of the molecule is Cc1nn(C)c(Cl)c1CNC1(CCl)CCOCC1. The summed E-state index contributed by atoms with van der Waals surface area (Å²) in [5, 5.41) is 8.55. The minimum atomic E-state index is -0.0363. The van der Waals surface area contributed by atoms with Crippen LogP contribution in [-0.2, 0) is 18.3 Å². The zero-order chi connectivity index (χ0) is 13.2. The number of ether oxygens (including phenoxy) is 1. The Labute approximate surface area is 118 Å². The Balaban J connectivity index is 2.05. The molecule has 0 radical (unpaired) electrons. The van der Waals surface area contributed by atoms with Gasteiger partial charge in [-0.1, -0.05) is 11.6 Å². The molecular formula is C12H19Cl2N3O. The fourth-order valence-electron chi connectivity index (χ4n) is 2.27. The van der Waals surface area contributed by atoms with E-state index >= 15 is 0 Å². The van der Waals surface area contributed by atoms with Crippen molar-refractivity contribution in [3.63, 3.8) is 0 Å². The summed E-state index contributed by atoms with van der Waals surface area (Å²) in [5.41, 5.74) is 1.98. The van der Waals surface area contributed by atoms with Crippen molar-refractivity contribution >= 4 is 23.2 Å². The highest BCUT2D eigenvalue weighted by atomic mass is 35.5. The van der Waals surface area contributed by atoms with Crippen molar-refractivity contribution in [1.29, 1.82) is 0 Å². The Morgan fingerprint density at radius 1 is 1.44 bits per heavy atom. The van der Waals surface area contributed by atoms with Gasteiger partial charge in [-0.05, 0) is 19.8 Å². The van der Waals surface area contributed by atoms with Gasteiger partial charge in [-0.2, -0.15) is 5.10 Å². The van der Waals surface area contributed by atoms with Gasteiger partial charge in [0.1, 0.15) is 5.15 Å². The van der Waals surface area contributed by atoms with Gasteiger partial charge >= 0.3 is 0 Å². The predicted molar refractivity (Wildman–Crippen MR) is 73.3 cm³/mol. The van der Waals surface area contributed by atoms with Crippen LogP contribution in [0, 0.1) is 6.92 Å². The lowest BCUT2D eigenvalue weighted by molar-refractivity contribution is 0.0459. The van der Waals surface area contributed by atoms with Crippen molar-refractivity contribution in [3.05, 3.63) is 16.4 Å². The second-order valence-electron chi connectivity index (χ2n) is 4.86. The molecule has 2 rings (SSSR count). The van der Waals surface area contributed by atoms with Crippen LogP contribution < -0.4 is 5.32 Å². The third-order valence-corrected chi connectivity index (χ3v) is 4.60. The minimum absolute atomic E-state index is 0.0363. The van der Waals surface area contributed by atoms with Gasteiger partial charge in [0.15, 0.2) is 0 Å². The standard InChI is InChI=1S/C12H19Cl2N3O/c1-9-10(11(14)17(2)16-9)7-15-12(8-13)3-5-18-6-4-12/h15H,3-8H2,1-2H3. The number of aromatic nitrogens is 2. The largest absolute Gasteiger partial charge is 0.381 e. The highest BCUT2D eigenvalue weighted by Gasteiger charge is 2.31. The first kappa shape index (κ1) is 14.1. The van der Waals surface area contributed by atoms with Crippen LogP contribution in [0.3, 0.4) is 0 Å². The van der Waals surface area contributed by atoms with E-state index in [1.54, 1.807) is 4.68 Å². The van der Waals surface area contributed by atoms with Crippen molar-refractivity contribution in [1.82, 2.24) is 15.1 Å². The molecule has 0 aliphatic carbocycles. The minimum Gasteiger partial charge on any atom is -0.381 e. The summed E-state index contributed by atoms with van der Waals surface area (Å²) < 4.78 is 7.09. The summed E-state index contributed by atoms with van der Waals surface area (Å²) >= 11 is 12.3. The van der Waals surface area contributed by atoms with Crippen molar-refractivity contribution < 1.29 is 4.74 Å². The molecule has 0 saturated carbocycles. The Bertz CT molecular complexity index is 414. The van der Waals surface area contributed by atoms with Gasteiger partial charge < -0.3 is 10.1 Å². The van der Waals surface area contributed by atoms with Crippen molar-refractivity contribution in [3.8, 4) is 0 Å². The second-order valence-corrected chi connectivity index (χ2v) is 5.48. The van der Waals surface area contributed by atoms with E-state index in [1.165, 1.54) is 0 Å². The molecule has 18 heavy (non-hydrogen) atoms. The third kappa shape index (κ3) is 2.82. The van der Waals surface area contributed by atoms with Gasteiger partial charge in [0.2, 0.25) is 0 Å². The molecule has 0 atom stereocenters. The lowest BCUT2D eigenvalue weighted by Gasteiger charge is -2.36. The smallest absolute Gasteiger partial charge is 0.131 e. The first-order valence-corrected chi connectivity index (χ1v) is 7.06. The summed E-state index contributed by atoms with van der Waals surface area (Å²) in [4.78, 5) is 0. The molecule has 1 aliphatic heterocycles. The first-order chi connectivity index (χ1) is 8.58. The summed E-state index contributed by atoms with van der Waals surface area (Å²) in [6.07, 6.45) is 1.88. The van der Waals surface area contributed by atoms with E-state index in [-0.39, 0.29) is 5.54 Å². The van der Waals surface area contributed by atoms with Gasteiger partial charge in [0.05, 0.1) is 5.69 Å². The molecule has 1 saturated heterocycles. The summed E-state index contributed by atoms with van der Waals surface area (Å²) in [5.74, 6) is 0.591. The average Bonchev–Trinajstić information content (AvgIpc) is 2.62. The molecule has 0 bridgehead atoms. The van der Waals surface area contributed by atoms with Crippen molar-refractivity contribution in [2.24, 2.45) is 7.05 Å². The molecular weight excluding hydrogens is 273 g/mol. The normalized spacial score (nSPS) is 19.1. The molecule has 2 heterocycles. The van der Waals surface area contributed by atoms with E-state index in [4.69, 9.17) is 27.9 Å². The van der Waals surface area contributed by atoms with E-state index in [9.17, 15) is 0 Å². The van der Waals surface area contributed by atoms with Crippen LogP contribution in [0.2, 0.25) is 5.15 Å². The molecule has 1 aromatic rings. The maximum Gasteiger partial charge on any atom is 0.131 e. The zero-order valence-electron chi connectivity index (χ0n) is 10.8. The zero-order valence-corrected chi connectivity index (χ0v) is 12.3. The van der Waals surface area contributed by atoms with Gasteiger partial charge in [0, 0.05) is 43.8 Å². The van der Waals surface area contributed by atoms with Crippen LogP contribution in [0.5, 0.6) is 0 Å². The number of rotatable bonds is 4. The monoisotopic (exact) mass is 291 g/mol. The fraction of sp³-hybridized carbons (Fsp3) is 0.750. The van der Waals surface area contributed by atoms with Crippen LogP contribution in [0.15, 0.2) is 0 Å². The lowest BCUT2D eigenvalue weighted by Crippen LogP contribution is -2.50. The molecule has 102 valence electrons. The summed E-state index contributed by atoms with van der Waals surface area (Å²) in [6.45, 7) is 4.20. The Hall–Kier alpha value is -0.290. The number of hydrogen-bond acceptors (Lipinski definition) is 3.